The highest BCUT2D eigenvalue weighted by Crippen LogP contribution is 1.89. The van der Waals surface area contributed by atoms with E-state index >= 15 is 0 Å². The van der Waals surface area contributed by atoms with E-state index in [1.165, 1.54) is 0 Å². The lowest BCUT2D eigenvalue weighted by Crippen LogP contribution is -2.31. The Hall–Kier alpha value is -0.770. The van der Waals surface area contributed by atoms with Gasteiger partial charge in [0, 0.05) is 19.8 Å². The van der Waals surface area contributed by atoms with Crippen molar-refractivity contribution >= 4 is 6.09 Å². The van der Waals surface area contributed by atoms with Gasteiger partial charge in [0.05, 0.1) is 0 Å². The summed E-state index contributed by atoms with van der Waals surface area (Å²) in [6.45, 7) is 2.38. The van der Waals surface area contributed by atoms with E-state index in [1.807, 2.05) is 0 Å². The smallest absolute Gasteiger partial charge is 0.404 e. The van der Waals surface area contributed by atoms with Crippen molar-refractivity contribution in [3.05, 3.63) is 0 Å². The number of hydrogen-bond donors (Lipinski definition) is 2. The molecule has 4 nitrogen and oxygen atoms in total. The molecule has 0 aromatic carbocycles. The lowest BCUT2D eigenvalue weighted by atomic mass is 10.2. The third-order valence-electron chi connectivity index (χ3n) is 1.12. The number of rotatable bonds is 4. The summed E-state index contributed by atoms with van der Waals surface area (Å²) in [6.07, 6.45) is -0.272. The first-order valence-corrected chi connectivity index (χ1v) is 3.15. The Morgan fingerprint density at radius 1 is 1.80 bits per heavy atom. The summed E-state index contributed by atoms with van der Waals surface area (Å²) in [4.78, 5) is 10.0. The normalized spacial score (nSPS) is 12.6. The van der Waals surface area contributed by atoms with Crippen LogP contribution in [0.15, 0.2) is 0 Å². The monoisotopic (exact) mass is 147 g/mol. The number of nitrogens with one attached hydrogen (secondary N) is 1. The number of hydrogen-bond acceptors (Lipinski definition) is 2. The summed E-state index contributed by atoms with van der Waals surface area (Å²) < 4.78 is 4.76. The Morgan fingerprint density at radius 2 is 2.40 bits per heavy atom. The third kappa shape index (κ3) is 5.37. The van der Waals surface area contributed by atoms with Crippen LogP contribution in [0.4, 0.5) is 4.79 Å². The number of carboxylic acid groups (broad SMARTS) is 1. The number of ether oxygens (including phenoxy) is 1. The number of methoxy groups -OCH3 is 1. The molecule has 2 N–H and O–H groups in total. The Labute approximate surface area is 60.2 Å². The van der Waals surface area contributed by atoms with Crippen molar-refractivity contribution in [1.29, 1.82) is 0 Å². The minimum Gasteiger partial charge on any atom is -0.465 e. The summed E-state index contributed by atoms with van der Waals surface area (Å²) in [6, 6.07) is -0.0301. The Kier molecular flexibility index (Phi) is 4.66. The van der Waals surface area contributed by atoms with Gasteiger partial charge in [0.25, 0.3) is 0 Å². The molecule has 0 aliphatic heterocycles. The first kappa shape index (κ1) is 9.23. The first-order valence-electron chi connectivity index (χ1n) is 3.15. The van der Waals surface area contributed by atoms with Gasteiger partial charge in [-0.05, 0) is 13.3 Å². The van der Waals surface area contributed by atoms with Gasteiger partial charge in [-0.2, -0.15) is 0 Å². The van der Waals surface area contributed by atoms with E-state index in [9.17, 15) is 4.79 Å². The molecule has 0 aliphatic rings. The fourth-order valence-electron chi connectivity index (χ4n) is 0.578. The van der Waals surface area contributed by atoms with E-state index in [-0.39, 0.29) is 6.04 Å². The zero-order valence-electron chi connectivity index (χ0n) is 6.26. The van der Waals surface area contributed by atoms with E-state index in [0.29, 0.717) is 13.0 Å². The third-order valence-corrected chi connectivity index (χ3v) is 1.12. The van der Waals surface area contributed by atoms with Crippen molar-refractivity contribution in [3.8, 4) is 0 Å². The average Bonchev–Trinajstić information content (AvgIpc) is 1.82. The highest BCUT2D eigenvalue weighted by atomic mass is 16.5. The van der Waals surface area contributed by atoms with Gasteiger partial charge in [0.15, 0.2) is 0 Å². The fraction of sp³-hybridized carbons (Fsp3) is 0.833. The van der Waals surface area contributed by atoms with Gasteiger partial charge in [-0.3, -0.25) is 0 Å². The van der Waals surface area contributed by atoms with Gasteiger partial charge in [-0.25, -0.2) is 4.79 Å². The highest BCUT2D eigenvalue weighted by molar-refractivity contribution is 5.64. The molecular formula is C6H13NO3. The van der Waals surface area contributed by atoms with Gasteiger partial charge >= 0.3 is 6.09 Å². The molecule has 60 valence electrons. The van der Waals surface area contributed by atoms with E-state index in [2.05, 4.69) is 5.32 Å². The van der Waals surface area contributed by atoms with Crippen molar-refractivity contribution in [2.75, 3.05) is 13.7 Å². The molecule has 1 atom stereocenters. The second-order valence-electron chi connectivity index (χ2n) is 2.13. The summed E-state index contributed by atoms with van der Waals surface area (Å²) in [7, 11) is 1.59. The second kappa shape index (κ2) is 5.05. The molecule has 1 amide bonds. The Morgan fingerprint density at radius 3 is 2.80 bits per heavy atom. The molecular weight excluding hydrogens is 134 g/mol. The van der Waals surface area contributed by atoms with Gasteiger partial charge in [0.1, 0.15) is 0 Å². The summed E-state index contributed by atoms with van der Waals surface area (Å²) in [5.74, 6) is 0. The van der Waals surface area contributed by atoms with Crippen LogP contribution in [-0.2, 0) is 4.74 Å². The number of amides is 1. The van der Waals surface area contributed by atoms with Gasteiger partial charge < -0.3 is 15.2 Å². The zero-order valence-corrected chi connectivity index (χ0v) is 6.26. The molecule has 0 radical (unpaired) electrons. The largest absolute Gasteiger partial charge is 0.465 e. The molecule has 4 heteroatoms. The van der Waals surface area contributed by atoms with E-state index in [0.717, 1.165) is 0 Å². The van der Waals surface area contributed by atoms with Crippen molar-refractivity contribution in [2.24, 2.45) is 0 Å². The molecule has 0 aliphatic carbocycles. The van der Waals surface area contributed by atoms with Crippen molar-refractivity contribution in [3.63, 3.8) is 0 Å². The first-order chi connectivity index (χ1) is 4.66. The van der Waals surface area contributed by atoms with Crippen molar-refractivity contribution in [1.82, 2.24) is 5.32 Å². The van der Waals surface area contributed by atoms with Crippen LogP contribution in [0, 0.1) is 0 Å². The van der Waals surface area contributed by atoms with Crippen LogP contribution >= 0.6 is 0 Å². The van der Waals surface area contributed by atoms with Crippen LogP contribution in [0.1, 0.15) is 13.3 Å². The van der Waals surface area contributed by atoms with Gasteiger partial charge in [-0.1, -0.05) is 0 Å². The predicted octanol–water partition coefficient (Wildman–Crippen LogP) is 0.679. The van der Waals surface area contributed by atoms with Gasteiger partial charge in [0.2, 0.25) is 0 Å². The minimum atomic E-state index is -0.983. The predicted molar refractivity (Wildman–Crippen MR) is 37.1 cm³/mol. The molecule has 0 bridgehead atoms. The van der Waals surface area contributed by atoms with Crippen molar-refractivity contribution < 1.29 is 14.6 Å². The highest BCUT2D eigenvalue weighted by Gasteiger charge is 2.02. The summed E-state index contributed by atoms with van der Waals surface area (Å²) in [5, 5.41) is 10.5. The van der Waals surface area contributed by atoms with Crippen LogP contribution in [0.2, 0.25) is 0 Å². The van der Waals surface area contributed by atoms with Crippen LogP contribution in [0.3, 0.4) is 0 Å². The molecule has 0 heterocycles. The number of carbonyl (C=O) groups is 1. The lowest BCUT2D eigenvalue weighted by molar-refractivity contribution is 0.172. The maximum atomic E-state index is 10.0. The van der Waals surface area contributed by atoms with Crippen LogP contribution in [0.25, 0.3) is 0 Å². The topological polar surface area (TPSA) is 58.6 Å². The average molecular weight is 147 g/mol. The van der Waals surface area contributed by atoms with Crippen LogP contribution < -0.4 is 5.32 Å². The molecule has 0 aromatic heterocycles. The summed E-state index contributed by atoms with van der Waals surface area (Å²) >= 11 is 0. The van der Waals surface area contributed by atoms with E-state index in [4.69, 9.17) is 9.84 Å². The molecule has 0 aromatic rings. The van der Waals surface area contributed by atoms with Gasteiger partial charge in [-0.15, -0.1) is 0 Å². The van der Waals surface area contributed by atoms with Crippen LogP contribution in [0.5, 0.6) is 0 Å². The minimum absolute atomic E-state index is 0.0301. The van der Waals surface area contributed by atoms with E-state index in [1.54, 1.807) is 14.0 Å². The standard InChI is InChI=1S/C6H13NO3/c1-5(3-4-10-2)7-6(8)9/h5,7H,3-4H2,1-2H3,(H,8,9). The molecule has 0 spiro atoms. The molecule has 1 unspecified atom stereocenters. The second-order valence-corrected chi connectivity index (χ2v) is 2.13. The summed E-state index contributed by atoms with van der Waals surface area (Å²) in [5.41, 5.74) is 0. The lowest BCUT2D eigenvalue weighted by Gasteiger charge is -2.09. The molecule has 0 fully saturated rings. The quantitative estimate of drug-likeness (QED) is 0.614. The fourth-order valence-corrected chi connectivity index (χ4v) is 0.578. The van der Waals surface area contributed by atoms with Crippen molar-refractivity contribution in [2.45, 2.75) is 19.4 Å². The SMILES string of the molecule is COCCC(C)NC(=O)O. The Bertz CT molecular complexity index is 105. The Balaban J connectivity index is 3.25. The molecule has 0 saturated carbocycles. The molecule has 10 heavy (non-hydrogen) atoms. The maximum absolute atomic E-state index is 10.0. The molecule has 0 saturated heterocycles. The molecule has 0 rings (SSSR count). The van der Waals surface area contributed by atoms with E-state index < -0.39 is 6.09 Å². The zero-order chi connectivity index (χ0) is 7.98. The maximum Gasteiger partial charge on any atom is 0.404 e. The van der Waals surface area contributed by atoms with Crippen LogP contribution in [-0.4, -0.2) is 31.0 Å².